The van der Waals surface area contributed by atoms with Gasteiger partial charge in [-0.05, 0) is 49.7 Å². The largest absolute Gasteiger partial charge is 0.484 e. The molecule has 0 bridgehead atoms. The van der Waals surface area contributed by atoms with Crippen molar-refractivity contribution < 1.29 is 23.7 Å². The van der Waals surface area contributed by atoms with Gasteiger partial charge in [0.1, 0.15) is 22.9 Å². The molecule has 1 aliphatic heterocycles. The normalized spacial score (nSPS) is 14.1. The number of aryl methyl sites for hydroxylation is 2. The summed E-state index contributed by atoms with van der Waals surface area (Å²) in [6, 6.07) is 8.75. The van der Waals surface area contributed by atoms with Crippen LogP contribution < -0.4 is 19.5 Å². The number of aromatic nitrogens is 4. The first-order valence-corrected chi connectivity index (χ1v) is 13.1. The van der Waals surface area contributed by atoms with Crippen molar-refractivity contribution in [3.8, 4) is 28.0 Å². The first kappa shape index (κ1) is 25.3. The van der Waals surface area contributed by atoms with E-state index < -0.39 is 12.2 Å². The fraction of sp³-hybridized carbons (Fsp3) is 0.214. The molecule has 0 saturated carbocycles. The summed E-state index contributed by atoms with van der Waals surface area (Å²) in [6.07, 6.45) is 2.09. The molecule has 0 spiro atoms. The van der Waals surface area contributed by atoms with E-state index in [0.717, 1.165) is 21.5 Å². The molecular weight excluding hydrogens is 532 g/mol. The van der Waals surface area contributed by atoms with E-state index in [1.165, 1.54) is 18.4 Å². The summed E-state index contributed by atoms with van der Waals surface area (Å²) in [4.78, 5) is 33.8. The van der Waals surface area contributed by atoms with Crippen LogP contribution in [0.4, 0.5) is 16.2 Å². The van der Waals surface area contributed by atoms with Crippen molar-refractivity contribution in [3.63, 3.8) is 0 Å². The second kappa shape index (κ2) is 10.3. The average molecular weight is 555 g/mol. The lowest BCUT2D eigenvalue weighted by Gasteiger charge is -2.26. The number of hydrogen-bond donors (Lipinski definition) is 1. The molecule has 5 aromatic rings. The number of nitrogens with one attached hydrogen (secondary N) is 1. The van der Waals surface area contributed by atoms with E-state index in [1.807, 2.05) is 19.9 Å². The zero-order valence-corrected chi connectivity index (χ0v) is 22.5. The minimum Gasteiger partial charge on any atom is -0.484 e. The van der Waals surface area contributed by atoms with Crippen molar-refractivity contribution >= 4 is 50.1 Å². The predicted molar refractivity (Wildman–Crippen MR) is 150 cm³/mol. The Balaban J connectivity index is 1.26. The summed E-state index contributed by atoms with van der Waals surface area (Å²) in [5, 5.41) is 3.36. The van der Waals surface area contributed by atoms with E-state index in [2.05, 4.69) is 25.1 Å². The number of thiazole rings is 1. The van der Waals surface area contributed by atoms with Gasteiger partial charge in [0, 0.05) is 23.1 Å². The fourth-order valence-electron chi connectivity index (χ4n) is 4.36. The summed E-state index contributed by atoms with van der Waals surface area (Å²) in [7, 11) is 1.52. The Morgan fingerprint density at radius 1 is 1.20 bits per heavy atom. The van der Waals surface area contributed by atoms with Crippen molar-refractivity contribution in [1.29, 1.82) is 0 Å². The van der Waals surface area contributed by atoms with Crippen LogP contribution in [0.3, 0.4) is 0 Å². The second-order valence-electron chi connectivity index (χ2n) is 9.06. The number of nitrogens with zero attached hydrogens (tertiary/aromatic N) is 5. The van der Waals surface area contributed by atoms with Crippen molar-refractivity contribution in [2.45, 2.75) is 20.0 Å². The molecule has 1 N–H and O–H groups in total. The highest BCUT2D eigenvalue weighted by molar-refractivity contribution is 7.22. The molecule has 12 heteroatoms. The third-order valence-electron chi connectivity index (χ3n) is 6.21. The molecule has 6 rings (SSSR count). The van der Waals surface area contributed by atoms with Gasteiger partial charge >= 0.3 is 6.09 Å². The van der Waals surface area contributed by atoms with Gasteiger partial charge in [-0.2, -0.15) is 0 Å². The van der Waals surface area contributed by atoms with E-state index in [0.29, 0.717) is 50.4 Å². The maximum absolute atomic E-state index is 12.3. The monoisotopic (exact) mass is 554 g/mol. The summed E-state index contributed by atoms with van der Waals surface area (Å²) < 4.78 is 23.7. The molecule has 1 aliphatic rings. The van der Waals surface area contributed by atoms with Gasteiger partial charge in [0.05, 0.1) is 36.4 Å². The number of rotatable bonds is 5. The lowest BCUT2D eigenvalue weighted by molar-refractivity contribution is 0.0383. The van der Waals surface area contributed by atoms with Gasteiger partial charge in [-0.15, -0.1) is 11.3 Å². The van der Waals surface area contributed by atoms with Crippen LogP contribution in [0.5, 0.6) is 17.4 Å². The lowest BCUT2D eigenvalue weighted by Crippen LogP contribution is -2.35. The average Bonchev–Trinajstić information content (AvgIpc) is 3.41. The third kappa shape index (κ3) is 4.78. The van der Waals surface area contributed by atoms with Gasteiger partial charge in [-0.3, -0.25) is 10.3 Å². The van der Waals surface area contributed by atoms with Gasteiger partial charge in [0.2, 0.25) is 5.88 Å². The SMILES string of the molecule is [C-]#[N+]c1cc(-c2nc3c(C)cc4c(c3s2)OC[C@H](COC(=O)Nc2ccnc(C)c2)O4)c2ncc(OC)nc2c1. The summed E-state index contributed by atoms with van der Waals surface area (Å²) in [5.41, 5.74) is 5.34. The van der Waals surface area contributed by atoms with Crippen LogP contribution >= 0.6 is 11.3 Å². The first-order chi connectivity index (χ1) is 19.4. The number of ether oxygens (including phenoxy) is 4. The molecule has 0 aliphatic carbocycles. The summed E-state index contributed by atoms with van der Waals surface area (Å²) in [6.45, 7) is 11.5. The van der Waals surface area contributed by atoms with Gasteiger partial charge in [0.25, 0.3) is 0 Å². The molecule has 3 aromatic heterocycles. The van der Waals surface area contributed by atoms with E-state index in [9.17, 15) is 4.79 Å². The molecule has 1 atom stereocenters. The Kier molecular flexibility index (Phi) is 6.49. The summed E-state index contributed by atoms with van der Waals surface area (Å²) in [5.74, 6) is 1.49. The molecule has 4 heterocycles. The van der Waals surface area contributed by atoms with Crippen LogP contribution in [-0.4, -0.2) is 52.5 Å². The van der Waals surface area contributed by atoms with Crippen LogP contribution in [0.2, 0.25) is 0 Å². The number of anilines is 1. The number of methoxy groups -OCH3 is 1. The molecule has 0 unspecified atom stereocenters. The van der Waals surface area contributed by atoms with Crippen LogP contribution in [0.25, 0.3) is 36.7 Å². The number of pyridine rings is 1. The van der Waals surface area contributed by atoms with Crippen molar-refractivity contribution in [1.82, 2.24) is 19.9 Å². The molecule has 1 amide bonds. The minimum atomic E-state index is -0.590. The van der Waals surface area contributed by atoms with Crippen molar-refractivity contribution in [2.24, 2.45) is 0 Å². The number of fused-ring (bicyclic) bond motifs is 4. The number of benzene rings is 2. The molecule has 0 saturated heterocycles. The van der Waals surface area contributed by atoms with Crippen molar-refractivity contribution in [2.75, 3.05) is 25.6 Å². The molecule has 40 heavy (non-hydrogen) atoms. The summed E-state index contributed by atoms with van der Waals surface area (Å²) >= 11 is 1.43. The zero-order valence-electron chi connectivity index (χ0n) is 21.7. The number of carbonyl (C=O) groups is 1. The predicted octanol–water partition coefficient (Wildman–Crippen LogP) is 5.87. The molecule has 11 nitrogen and oxygen atoms in total. The Morgan fingerprint density at radius 2 is 2.08 bits per heavy atom. The highest BCUT2D eigenvalue weighted by atomic mass is 32.1. The maximum Gasteiger partial charge on any atom is 0.411 e. The van der Waals surface area contributed by atoms with Crippen LogP contribution in [0.1, 0.15) is 11.3 Å². The Morgan fingerprint density at radius 3 is 2.88 bits per heavy atom. The minimum absolute atomic E-state index is 0.0118. The quantitative estimate of drug-likeness (QED) is 0.266. The van der Waals surface area contributed by atoms with Gasteiger partial charge in [-0.25, -0.2) is 24.6 Å². The maximum atomic E-state index is 12.3. The van der Waals surface area contributed by atoms with Gasteiger partial charge in [-0.1, -0.05) is 0 Å². The van der Waals surface area contributed by atoms with Crippen molar-refractivity contribution in [3.05, 3.63) is 65.4 Å². The van der Waals surface area contributed by atoms with Crippen LogP contribution in [-0.2, 0) is 4.74 Å². The van der Waals surface area contributed by atoms with E-state index in [1.54, 1.807) is 36.7 Å². The number of hydrogen-bond acceptors (Lipinski definition) is 10. The molecule has 0 fully saturated rings. The molecular formula is C28H22N6O5S. The van der Waals surface area contributed by atoms with E-state index in [4.69, 9.17) is 30.5 Å². The Bertz CT molecular complexity index is 1830. The Labute approximate surface area is 232 Å². The van der Waals surface area contributed by atoms with Gasteiger partial charge in [0.15, 0.2) is 23.3 Å². The van der Waals surface area contributed by atoms with E-state index >= 15 is 0 Å². The molecule has 200 valence electrons. The zero-order chi connectivity index (χ0) is 27.8. The van der Waals surface area contributed by atoms with Gasteiger partial charge < -0.3 is 18.9 Å². The molecule has 0 radical (unpaired) electrons. The van der Waals surface area contributed by atoms with Crippen LogP contribution in [0.15, 0.2) is 42.7 Å². The number of carbonyl (C=O) groups excluding carboxylic acids is 1. The highest BCUT2D eigenvalue weighted by Crippen LogP contribution is 2.46. The lowest BCUT2D eigenvalue weighted by atomic mass is 10.1. The number of amides is 1. The topological polar surface area (TPSA) is 122 Å². The smallest absolute Gasteiger partial charge is 0.411 e. The van der Waals surface area contributed by atoms with Crippen LogP contribution in [0, 0.1) is 20.4 Å². The van der Waals surface area contributed by atoms with E-state index in [-0.39, 0.29) is 13.2 Å². The molecule has 2 aromatic carbocycles. The first-order valence-electron chi connectivity index (χ1n) is 12.2. The second-order valence-corrected chi connectivity index (χ2v) is 10.1. The third-order valence-corrected chi connectivity index (χ3v) is 7.29. The fourth-order valence-corrected chi connectivity index (χ4v) is 5.51. The standard InChI is InChI=1S/C28H22N6O5S/c1-14-7-21-25(37-12-18(39-21)13-38-28(35)32-16-5-6-30-15(2)8-16)26-23(14)34-27(40-26)19-9-17(29-3)10-20-24(19)31-11-22(33-20)36-4/h5-11,18H,12-13H2,1-2,4H3,(H,30,32,35)/t18-/m1/s1. The highest BCUT2D eigenvalue weighted by Gasteiger charge is 2.27. The Hall–Kier alpha value is -5.02.